The lowest BCUT2D eigenvalue weighted by atomic mass is 10.1. The normalized spacial score (nSPS) is 12.5. The van der Waals surface area contributed by atoms with Crippen molar-refractivity contribution in [3.8, 4) is 11.5 Å². The third kappa shape index (κ3) is 4.54. The molecule has 96 valence electrons. The summed E-state index contributed by atoms with van der Waals surface area (Å²) in [6.45, 7) is 3.38. The van der Waals surface area contributed by atoms with Gasteiger partial charge in [-0.05, 0) is 18.2 Å². The second-order valence-corrected chi connectivity index (χ2v) is 3.03. The number of phenolic OH excluding ortho intramolecular Hbond substituents is 1. The van der Waals surface area contributed by atoms with E-state index in [1.54, 1.807) is 0 Å². The summed E-state index contributed by atoms with van der Waals surface area (Å²) in [6, 6.07) is 2.36. The van der Waals surface area contributed by atoms with Gasteiger partial charge in [0.1, 0.15) is 11.5 Å². The van der Waals surface area contributed by atoms with Crippen LogP contribution >= 0.6 is 12.4 Å². The second kappa shape index (κ2) is 5.79. The third-order valence-corrected chi connectivity index (χ3v) is 1.85. The fraction of sp³-hybridized carbons (Fsp3) is 0.200. The van der Waals surface area contributed by atoms with Crippen molar-refractivity contribution in [2.75, 3.05) is 0 Å². The van der Waals surface area contributed by atoms with Crippen LogP contribution in [-0.2, 0) is 0 Å². The van der Waals surface area contributed by atoms with Crippen LogP contribution in [-0.4, -0.2) is 11.5 Å². The number of phenols is 1. The first kappa shape index (κ1) is 15.6. The van der Waals surface area contributed by atoms with Crippen LogP contribution in [0.2, 0.25) is 0 Å². The van der Waals surface area contributed by atoms with Crippen LogP contribution in [0.3, 0.4) is 0 Å². The number of alkyl halides is 3. The zero-order valence-electron chi connectivity index (χ0n) is 8.57. The molecule has 1 aromatic carbocycles. The van der Waals surface area contributed by atoms with Gasteiger partial charge in [0, 0.05) is 5.56 Å². The molecule has 0 aliphatic rings. The van der Waals surface area contributed by atoms with Gasteiger partial charge in [0.15, 0.2) is 0 Å². The zero-order valence-corrected chi connectivity index (χ0v) is 9.39. The summed E-state index contributed by atoms with van der Waals surface area (Å²) in [6.07, 6.45) is -3.47. The van der Waals surface area contributed by atoms with Crippen LogP contribution in [0.25, 0.3) is 0 Å². The molecule has 7 heteroatoms. The molecule has 0 aliphatic heterocycles. The molecule has 3 nitrogen and oxygen atoms in total. The maximum Gasteiger partial charge on any atom is 0.573 e. The van der Waals surface area contributed by atoms with Crippen LogP contribution < -0.4 is 10.5 Å². The van der Waals surface area contributed by atoms with E-state index in [1.165, 1.54) is 6.08 Å². The predicted octanol–water partition coefficient (Wildman–Crippen LogP) is 2.90. The second-order valence-electron chi connectivity index (χ2n) is 3.03. The molecule has 3 N–H and O–H groups in total. The van der Waals surface area contributed by atoms with E-state index in [9.17, 15) is 18.3 Å². The minimum atomic E-state index is -4.77. The zero-order chi connectivity index (χ0) is 12.3. The highest BCUT2D eigenvalue weighted by atomic mass is 35.5. The van der Waals surface area contributed by atoms with E-state index < -0.39 is 18.2 Å². The molecule has 1 rings (SSSR count). The maximum atomic E-state index is 11.9. The standard InChI is InChI=1S/C10H10F3NO2.ClH/c1-2-8(14)7-5-6(3-4-9(7)15)16-10(11,12)13;/h2-5,8,15H,1,14H2;1H/t8-;/m1./s1. The van der Waals surface area contributed by atoms with Gasteiger partial charge >= 0.3 is 6.36 Å². The molecular formula is C10H11ClF3NO2. The fourth-order valence-electron chi connectivity index (χ4n) is 1.12. The summed E-state index contributed by atoms with van der Waals surface area (Å²) in [5, 5.41) is 9.37. The molecule has 17 heavy (non-hydrogen) atoms. The largest absolute Gasteiger partial charge is 0.573 e. The van der Waals surface area contributed by atoms with E-state index in [0.29, 0.717) is 0 Å². The quantitative estimate of drug-likeness (QED) is 0.830. The Labute approximate surface area is 102 Å². The molecule has 0 heterocycles. The van der Waals surface area contributed by atoms with Crippen molar-refractivity contribution in [2.24, 2.45) is 5.73 Å². The number of ether oxygens (including phenoxy) is 1. The molecular weight excluding hydrogens is 259 g/mol. The molecule has 1 atom stereocenters. The van der Waals surface area contributed by atoms with Crippen LogP contribution in [0.15, 0.2) is 30.9 Å². The van der Waals surface area contributed by atoms with Crippen molar-refractivity contribution in [1.29, 1.82) is 0 Å². The third-order valence-electron chi connectivity index (χ3n) is 1.85. The maximum absolute atomic E-state index is 11.9. The predicted molar refractivity (Wildman–Crippen MR) is 59.2 cm³/mol. The summed E-state index contributed by atoms with van der Waals surface area (Å²) in [5.41, 5.74) is 5.63. The smallest absolute Gasteiger partial charge is 0.508 e. The minimum Gasteiger partial charge on any atom is -0.508 e. The average molecular weight is 270 g/mol. The van der Waals surface area contributed by atoms with Crippen molar-refractivity contribution in [1.82, 2.24) is 0 Å². The molecule has 0 saturated carbocycles. The van der Waals surface area contributed by atoms with Gasteiger partial charge in [-0.15, -0.1) is 32.2 Å². The first-order valence-corrected chi connectivity index (χ1v) is 4.30. The van der Waals surface area contributed by atoms with Gasteiger partial charge in [-0.1, -0.05) is 6.08 Å². The lowest BCUT2D eigenvalue weighted by molar-refractivity contribution is -0.274. The molecule has 0 aromatic heterocycles. The molecule has 0 radical (unpaired) electrons. The lowest BCUT2D eigenvalue weighted by Crippen LogP contribution is -2.17. The Kier molecular flexibility index (Phi) is 5.31. The molecule has 0 fully saturated rings. The summed E-state index contributed by atoms with van der Waals surface area (Å²) < 4.78 is 39.5. The number of halogens is 4. The summed E-state index contributed by atoms with van der Waals surface area (Å²) in [4.78, 5) is 0. The van der Waals surface area contributed by atoms with E-state index in [-0.39, 0.29) is 23.7 Å². The number of benzene rings is 1. The topological polar surface area (TPSA) is 55.5 Å². The molecule has 0 aliphatic carbocycles. The molecule has 0 spiro atoms. The van der Waals surface area contributed by atoms with Crippen molar-refractivity contribution >= 4 is 12.4 Å². The molecule has 0 amide bonds. The highest BCUT2D eigenvalue weighted by Crippen LogP contribution is 2.30. The van der Waals surface area contributed by atoms with Gasteiger partial charge < -0.3 is 15.6 Å². The monoisotopic (exact) mass is 269 g/mol. The van der Waals surface area contributed by atoms with Gasteiger partial charge in [0.2, 0.25) is 0 Å². The lowest BCUT2D eigenvalue weighted by Gasteiger charge is -2.13. The van der Waals surface area contributed by atoms with Gasteiger partial charge in [0.05, 0.1) is 6.04 Å². The number of hydrogen-bond donors (Lipinski definition) is 2. The number of nitrogens with two attached hydrogens (primary N) is 1. The van der Waals surface area contributed by atoms with Crippen molar-refractivity contribution in [3.63, 3.8) is 0 Å². The van der Waals surface area contributed by atoms with Gasteiger partial charge in [-0.2, -0.15) is 0 Å². The SMILES string of the molecule is C=C[C@@H](N)c1cc(OC(F)(F)F)ccc1O.Cl. The van der Waals surface area contributed by atoms with Crippen LogP contribution in [0.1, 0.15) is 11.6 Å². The van der Waals surface area contributed by atoms with Crippen molar-refractivity contribution < 1.29 is 23.0 Å². The van der Waals surface area contributed by atoms with Crippen LogP contribution in [0, 0.1) is 0 Å². The first-order chi connectivity index (χ1) is 7.33. The van der Waals surface area contributed by atoms with E-state index in [0.717, 1.165) is 18.2 Å². The Hall–Kier alpha value is -1.40. The summed E-state index contributed by atoms with van der Waals surface area (Å²) in [7, 11) is 0. The van der Waals surface area contributed by atoms with E-state index in [2.05, 4.69) is 11.3 Å². The Bertz CT molecular complexity index is 396. The van der Waals surface area contributed by atoms with Gasteiger partial charge in [0.25, 0.3) is 0 Å². The van der Waals surface area contributed by atoms with Crippen molar-refractivity contribution in [2.45, 2.75) is 12.4 Å². The van der Waals surface area contributed by atoms with E-state index in [4.69, 9.17) is 5.73 Å². The molecule has 0 unspecified atom stereocenters. The Balaban J connectivity index is 0.00000256. The van der Waals surface area contributed by atoms with Gasteiger partial charge in [-0.3, -0.25) is 0 Å². The highest BCUT2D eigenvalue weighted by molar-refractivity contribution is 5.85. The summed E-state index contributed by atoms with van der Waals surface area (Å²) >= 11 is 0. The Morgan fingerprint density at radius 3 is 2.47 bits per heavy atom. The van der Waals surface area contributed by atoms with Crippen molar-refractivity contribution in [3.05, 3.63) is 36.4 Å². The molecule has 1 aromatic rings. The Morgan fingerprint density at radius 2 is 2.00 bits per heavy atom. The number of hydrogen-bond acceptors (Lipinski definition) is 3. The van der Waals surface area contributed by atoms with Gasteiger partial charge in [-0.25, -0.2) is 0 Å². The van der Waals surface area contributed by atoms with E-state index in [1.807, 2.05) is 0 Å². The first-order valence-electron chi connectivity index (χ1n) is 4.30. The van der Waals surface area contributed by atoms with Crippen LogP contribution in [0.5, 0.6) is 11.5 Å². The average Bonchev–Trinajstić information content (AvgIpc) is 2.18. The Morgan fingerprint density at radius 1 is 1.41 bits per heavy atom. The number of aromatic hydroxyl groups is 1. The summed E-state index contributed by atoms with van der Waals surface area (Å²) in [5.74, 6) is -0.639. The van der Waals surface area contributed by atoms with E-state index >= 15 is 0 Å². The fourth-order valence-corrected chi connectivity index (χ4v) is 1.12. The molecule has 0 saturated heterocycles. The van der Waals surface area contributed by atoms with Crippen LogP contribution in [0.4, 0.5) is 13.2 Å². The molecule has 0 bridgehead atoms. The minimum absolute atomic E-state index is 0. The number of rotatable bonds is 3. The highest BCUT2D eigenvalue weighted by Gasteiger charge is 2.31.